The van der Waals surface area contributed by atoms with Crippen LogP contribution in [-0.4, -0.2) is 11.9 Å². The van der Waals surface area contributed by atoms with E-state index in [1.54, 1.807) is 0 Å². The predicted molar refractivity (Wildman–Crippen MR) is 87.2 cm³/mol. The summed E-state index contributed by atoms with van der Waals surface area (Å²) in [5.74, 6) is 1.42. The Hall–Kier alpha value is -0.800. The van der Waals surface area contributed by atoms with E-state index in [0.717, 1.165) is 28.6 Å². The van der Waals surface area contributed by atoms with Crippen molar-refractivity contribution in [3.63, 3.8) is 0 Å². The summed E-state index contributed by atoms with van der Waals surface area (Å²) >= 11 is 7.00. The fraction of sp³-hybridized carbons (Fsp3) is 0.250. The van der Waals surface area contributed by atoms with Crippen molar-refractivity contribution >= 4 is 31.9 Å². The molecular formula is C16H16Br2O. The van der Waals surface area contributed by atoms with E-state index in [4.69, 9.17) is 4.74 Å². The summed E-state index contributed by atoms with van der Waals surface area (Å²) in [6.07, 6.45) is 1.01. The summed E-state index contributed by atoms with van der Waals surface area (Å²) in [5, 5.41) is 0.959. The summed E-state index contributed by atoms with van der Waals surface area (Å²) in [7, 11) is 0. The fourth-order valence-corrected chi connectivity index (χ4v) is 2.87. The van der Waals surface area contributed by atoms with Crippen molar-refractivity contribution in [2.24, 2.45) is 0 Å². The number of hydrogen-bond acceptors (Lipinski definition) is 1. The molecule has 2 rings (SSSR count). The number of rotatable bonds is 6. The lowest BCUT2D eigenvalue weighted by Gasteiger charge is -2.15. The molecule has 0 heterocycles. The molecule has 0 aromatic heterocycles. The van der Waals surface area contributed by atoms with E-state index in [0.29, 0.717) is 5.92 Å². The van der Waals surface area contributed by atoms with Crippen LogP contribution >= 0.6 is 31.9 Å². The van der Waals surface area contributed by atoms with Crippen molar-refractivity contribution in [1.29, 1.82) is 0 Å². The first-order valence-electron chi connectivity index (χ1n) is 6.29. The molecule has 1 atom stereocenters. The van der Waals surface area contributed by atoms with Crippen LogP contribution in [0.25, 0.3) is 0 Å². The van der Waals surface area contributed by atoms with E-state index in [1.807, 2.05) is 30.3 Å². The zero-order valence-corrected chi connectivity index (χ0v) is 13.7. The molecule has 0 radical (unpaired) electrons. The highest BCUT2D eigenvalue weighted by Gasteiger charge is 2.09. The van der Waals surface area contributed by atoms with Gasteiger partial charge in [-0.3, -0.25) is 0 Å². The van der Waals surface area contributed by atoms with Crippen LogP contribution < -0.4 is 4.74 Å². The molecule has 3 heteroatoms. The van der Waals surface area contributed by atoms with Gasteiger partial charge in [0.15, 0.2) is 0 Å². The maximum absolute atomic E-state index is 5.77. The normalized spacial score (nSPS) is 12.1. The number of ether oxygens (including phenoxy) is 1. The standard InChI is InChI=1S/C16H16Br2O/c17-12-14(13-4-2-1-3-5-13)10-11-19-16-8-6-15(18)7-9-16/h1-9,14H,10-12H2. The van der Waals surface area contributed by atoms with E-state index in [2.05, 4.69) is 56.1 Å². The lowest BCUT2D eigenvalue weighted by Crippen LogP contribution is -2.07. The first-order chi connectivity index (χ1) is 9.29. The largest absolute Gasteiger partial charge is 0.494 e. The Morgan fingerprint density at radius 3 is 2.26 bits per heavy atom. The van der Waals surface area contributed by atoms with E-state index in [-0.39, 0.29) is 0 Å². The van der Waals surface area contributed by atoms with Gasteiger partial charge in [-0.05, 0) is 42.2 Å². The Labute approximate surface area is 131 Å². The van der Waals surface area contributed by atoms with Gasteiger partial charge >= 0.3 is 0 Å². The van der Waals surface area contributed by atoms with Gasteiger partial charge in [-0.2, -0.15) is 0 Å². The minimum Gasteiger partial charge on any atom is -0.494 e. The van der Waals surface area contributed by atoms with Gasteiger partial charge in [-0.15, -0.1) is 0 Å². The third-order valence-corrected chi connectivity index (χ3v) is 4.32. The molecule has 0 bridgehead atoms. The van der Waals surface area contributed by atoms with Crippen LogP contribution in [0, 0.1) is 0 Å². The van der Waals surface area contributed by atoms with Crippen molar-refractivity contribution in [2.45, 2.75) is 12.3 Å². The lowest BCUT2D eigenvalue weighted by molar-refractivity contribution is 0.301. The number of halogens is 2. The quantitative estimate of drug-likeness (QED) is 0.607. The zero-order chi connectivity index (χ0) is 13.5. The van der Waals surface area contributed by atoms with Gasteiger partial charge in [0.25, 0.3) is 0 Å². The zero-order valence-electron chi connectivity index (χ0n) is 10.6. The van der Waals surface area contributed by atoms with Crippen molar-refractivity contribution < 1.29 is 4.74 Å². The van der Waals surface area contributed by atoms with Gasteiger partial charge in [0.05, 0.1) is 6.61 Å². The highest BCUT2D eigenvalue weighted by Crippen LogP contribution is 2.23. The third-order valence-electron chi connectivity index (χ3n) is 3.01. The molecule has 0 aliphatic carbocycles. The minimum atomic E-state index is 0.497. The second-order valence-electron chi connectivity index (χ2n) is 4.35. The summed E-state index contributed by atoms with van der Waals surface area (Å²) in [4.78, 5) is 0. The minimum absolute atomic E-state index is 0.497. The van der Waals surface area contributed by atoms with Crippen molar-refractivity contribution in [3.05, 3.63) is 64.6 Å². The summed E-state index contributed by atoms with van der Waals surface area (Å²) in [5.41, 5.74) is 1.36. The summed E-state index contributed by atoms with van der Waals surface area (Å²) in [6.45, 7) is 0.729. The van der Waals surface area contributed by atoms with Crippen LogP contribution in [0.3, 0.4) is 0 Å². The molecule has 0 saturated heterocycles. The highest BCUT2D eigenvalue weighted by molar-refractivity contribution is 9.10. The summed E-state index contributed by atoms with van der Waals surface area (Å²) < 4.78 is 6.84. The average molecular weight is 384 g/mol. The van der Waals surface area contributed by atoms with Crippen molar-refractivity contribution in [1.82, 2.24) is 0 Å². The van der Waals surface area contributed by atoms with Gasteiger partial charge in [0.2, 0.25) is 0 Å². The van der Waals surface area contributed by atoms with Crippen LogP contribution in [0.4, 0.5) is 0 Å². The molecule has 1 nitrogen and oxygen atoms in total. The van der Waals surface area contributed by atoms with Gasteiger partial charge in [-0.1, -0.05) is 62.2 Å². The van der Waals surface area contributed by atoms with Gasteiger partial charge in [-0.25, -0.2) is 0 Å². The van der Waals surface area contributed by atoms with E-state index >= 15 is 0 Å². The van der Waals surface area contributed by atoms with E-state index < -0.39 is 0 Å². The third kappa shape index (κ3) is 4.66. The molecule has 0 aliphatic heterocycles. The molecule has 0 spiro atoms. The Morgan fingerprint density at radius 1 is 0.947 bits per heavy atom. The maximum Gasteiger partial charge on any atom is 0.119 e. The van der Waals surface area contributed by atoms with E-state index in [9.17, 15) is 0 Å². The Bertz CT molecular complexity index is 482. The van der Waals surface area contributed by atoms with Crippen molar-refractivity contribution in [2.75, 3.05) is 11.9 Å². The van der Waals surface area contributed by atoms with Gasteiger partial charge < -0.3 is 4.74 Å². The average Bonchev–Trinajstić information content (AvgIpc) is 2.46. The highest BCUT2D eigenvalue weighted by atomic mass is 79.9. The van der Waals surface area contributed by atoms with Gasteiger partial charge in [0.1, 0.15) is 5.75 Å². The Balaban J connectivity index is 1.85. The molecule has 0 amide bonds. The first-order valence-corrected chi connectivity index (χ1v) is 8.20. The maximum atomic E-state index is 5.77. The van der Waals surface area contributed by atoms with Crippen molar-refractivity contribution in [3.8, 4) is 5.75 Å². The molecule has 0 N–H and O–H groups in total. The predicted octanol–water partition coefficient (Wildman–Crippen LogP) is 5.40. The number of alkyl halides is 1. The molecule has 19 heavy (non-hydrogen) atoms. The lowest BCUT2D eigenvalue weighted by atomic mass is 9.98. The topological polar surface area (TPSA) is 9.23 Å². The molecule has 0 saturated carbocycles. The van der Waals surface area contributed by atoms with Crippen LogP contribution in [0.15, 0.2) is 59.1 Å². The van der Waals surface area contributed by atoms with Crippen LogP contribution in [0.1, 0.15) is 17.9 Å². The summed E-state index contributed by atoms with van der Waals surface area (Å²) in [6, 6.07) is 18.5. The molecule has 2 aromatic carbocycles. The molecular weight excluding hydrogens is 368 g/mol. The van der Waals surface area contributed by atoms with E-state index in [1.165, 1.54) is 5.56 Å². The van der Waals surface area contributed by atoms with Crippen LogP contribution in [0.5, 0.6) is 5.75 Å². The van der Waals surface area contributed by atoms with Crippen LogP contribution in [-0.2, 0) is 0 Å². The second kappa shape index (κ2) is 7.71. The van der Waals surface area contributed by atoms with Gasteiger partial charge in [0, 0.05) is 9.80 Å². The first kappa shape index (κ1) is 14.6. The molecule has 1 unspecified atom stereocenters. The SMILES string of the molecule is BrCC(CCOc1ccc(Br)cc1)c1ccccc1. The molecule has 100 valence electrons. The molecule has 2 aromatic rings. The molecule has 0 fully saturated rings. The monoisotopic (exact) mass is 382 g/mol. The fourth-order valence-electron chi connectivity index (χ4n) is 1.91. The number of benzene rings is 2. The Kier molecular flexibility index (Phi) is 5.93. The second-order valence-corrected chi connectivity index (χ2v) is 5.92. The smallest absolute Gasteiger partial charge is 0.119 e. The number of hydrogen-bond donors (Lipinski definition) is 0. The Morgan fingerprint density at radius 2 is 1.63 bits per heavy atom. The van der Waals surface area contributed by atoms with Crippen LogP contribution in [0.2, 0.25) is 0 Å². The molecule has 0 aliphatic rings.